The molecule has 1 aliphatic heterocycles. The van der Waals surface area contributed by atoms with Gasteiger partial charge in [-0.25, -0.2) is 0 Å². The summed E-state index contributed by atoms with van der Waals surface area (Å²) in [5.74, 6) is -1.48. The number of pyridine rings is 1. The van der Waals surface area contributed by atoms with Crippen molar-refractivity contribution in [2.75, 3.05) is 24.4 Å². The van der Waals surface area contributed by atoms with Gasteiger partial charge in [-0.1, -0.05) is 6.07 Å². The summed E-state index contributed by atoms with van der Waals surface area (Å²) >= 11 is 0. The minimum absolute atomic E-state index is 0.0849. The van der Waals surface area contributed by atoms with Gasteiger partial charge in [0, 0.05) is 36.3 Å². The maximum absolute atomic E-state index is 13.3. The minimum Gasteiger partial charge on any atom is -0.507 e. The number of nitrogens with one attached hydrogen (secondary N) is 1. The number of hydrogen-bond donors (Lipinski definition) is 2. The molecule has 1 unspecified atom stereocenters. The van der Waals surface area contributed by atoms with Gasteiger partial charge in [0.05, 0.1) is 25.8 Å². The molecule has 2 heterocycles. The smallest absolute Gasteiger partial charge is 0.300 e. The van der Waals surface area contributed by atoms with Crippen LogP contribution >= 0.6 is 0 Å². The van der Waals surface area contributed by atoms with Crippen LogP contribution in [-0.2, 0) is 14.4 Å². The Bertz CT molecular complexity index is 1340. The lowest BCUT2D eigenvalue weighted by Crippen LogP contribution is -2.29. The number of aromatic nitrogens is 1. The van der Waals surface area contributed by atoms with Gasteiger partial charge >= 0.3 is 0 Å². The van der Waals surface area contributed by atoms with Crippen LogP contribution in [0.5, 0.6) is 11.5 Å². The summed E-state index contributed by atoms with van der Waals surface area (Å²) in [6, 6.07) is 13.7. The van der Waals surface area contributed by atoms with Gasteiger partial charge in [-0.05, 0) is 54.1 Å². The number of hydrogen-bond acceptors (Lipinski definition) is 7. The number of anilines is 2. The summed E-state index contributed by atoms with van der Waals surface area (Å²) in [4.78, 5) is 43.4. The van der Waals surface area contributed by atoms with Crippen molar-refractivity contribution in [1.29, 1.82) is 0 Å². The molecule has 1 aliphatic rings. The van der Waals surface area contributed by atoms with Crippen molar-refractivity contribution < 1.29 is 29.0 Å². The highest BCUT2D eigenvalue weighted by Gasteiger charge is 2.47. The molecule has 2 N–H and O–H groups in total. The lowest BCUT2D eigenvalue weighted by Gasteiger charge is -2.25. The molecule has 178 valence electrons. The highest BCUT2D eigenvalue weighted by Crippen LogP contribution is 2.43. The molecule has 0 bridgehead atoms. The van der Waals surface area contributed by atoms with Gasteiger partial charge in [0.25, 0.3) is 11.7 Å². The zero-order valence-electron chi connectivity index (χ0n) is 19.3. The molecule has 2 amide bonds. The summed E-state index contributed by atoms with van der Waals surface area (Å²) in [5.41, 5.74) is 1.62. The predicted molar refractivity (Wildman–Crippen MR) is 129 cm³/mol. The quantitative estimate of drug-likeness (QED) is 0.318. The zero-order chi connectivity index (χ0) is 25.1. The van der Waals surface area contributed by atoms with Gasteiger partial charge in [-0.3, -0.25) is 24.3 Å². The molecule has 0 radical (unpaired) electrons. The monoisotopic (exact) mass is 473 g/mol. The van der Waals surface area contributed by atoms with Gasteiger partial charge < -0.3 is 19.9 Å². The number of nitrogens with zero attached hydrogens (tertiary/aromatic N) is 2. The number of benzene rings is 2. The highest BCUT2D eigenvalue weighted by atomic mass is 16.5. The molecule has 0 aliphatic carbocycles. The molecular weight excluding hydrogens is 450 g/mol. The Kier molecular flexibility index (Phi) is 6.50. The van der Waals surface area contributed by atoms with Crippen molar-refractivity contribution in [2.45, 2.75) is 13.0 Å². The summed E-state index contributed by atoms with van der Waals surface area (Å²) in [7, 11) is 2.95. The van der Waals surface area contributed by atoms with E-state index in [9.17, 15) is 19.5 Å². The molecule has 4 rings (SSSR count). The van der Waals surface area contributed by atoms with Crippen LogP contribution in [0.15, 0.2) is 72.6 Å². The maximum atomic E-state index is 13.3. The van der Waals surface area contributed by atoms with Gasteiger partial charge in [0.2, 0.25) is 5.91 Å². The third-order valence-corrected chi connectivity index (χ3v) is 5.57. The molecule has 1 fully saturated rings. The zero-order valence-corrected chi connectivity index (χ0v) is 19.3. The first-order chi connectivity index (χ1) is 16.8. The number of aliphatic hydroxyl groups is 1. The topological polar surface area (TPSA) is 118 Å². The third kappa shape index (κ3) is 4.43. The molecule has 1 atom stereocenters. The third-order valence-electron chi connectivity index (χ3n) is 5.57. The van der Waals surface area contributed by atoms with Crippen molar-refractivity contribution in [3.8, 4) is 11.5 Å². The first-order valence-electron chi connectivity index (χ1n) is 10.7. The van der Waals surface area contributed by atoms with Crippen LogP contribution in [0.3, 0.4) is 0 Å². The fourth-order valence-corrected chi connectivity index (χ4v) is 4.04. The molecule has 2 aromatic carbocycles. The molecule has 9 heteroatoms. The van der Waals surface area contributed by atoms with Gasteiger partial charge in [0.15, 0.2) is 11.5 Å². The molecule has 3 aromatic rings. The second-order valence-corrected chi connectivity index (χ2v) is 7.75. The molecule has 0 saturated carbocycles. The second-order valence-electron chi connectivity index (χ2n) is 7.75. The minimum atomic E-state index is -0.932. The van der Waals surface area contributed by atoms with Crippen LogP contribution in [0.1, 0.15) is 24.1 Å². The van der Waals surface area contributed by atoms with Gasteiger partial charge in [0.1, 0.15) is 5.76 Å². The largest absolute Gasteiger partial charge is 0.507 e. The Morgan fingerprint density at radius 2 is 1.71 bits per heavy atom. The predicted octanol–water partition coefficient (Wildman–Crippen LogP) is 3.68. The van der Waals surface area contributed by atoms with Gasteiger partial charge in [-0.15, -0.1) is 0 Å². The molecule has 35 heavy (non-hydrogen) atoms. The summed E-state index contributed by atoms with van der Waals surface area (Å²) in [6.45, 7) is 1.37. The average molecular weight is 473 g/mol. The molecule has 1 saturated heterocycles. The first-order valence-corrected chi connectivity index (χ1v) is 10.7. The van der Waals surface area contributed by atoms with Crippen LogP contribution < -0.4 is 19.7 Å². The van der Waals surface area contributed by atoms with Crippen molar-refractivity contribution in [3.63, 3.8) is 0 Å². The van der Waals surface area contributed by atoms with Crippen molar-refractivity contribution in [1.82, 2.24) is 4.98 Å². The number of rotatable bonds is 6. The van der Waals surface area contributed by atoms with E-state index < -0.39 is 17.7 Å². The Labute approximate surface area is 201 Å². The van der Waals surface area contributed by atoms with E-state index in [1.807, 2.05) is 0 Å². The molecular formula is C26H23N3O6. The average Bonchev–Trinajstić information content (AvgIpc) is 3.13. The van der Waals surface area contributed by atoms with E-state index in [0.717, 1.165) is 0 Å². The van der Waals surface area contributed by atoms with Crippen molar-refractivity contribution >= 4 is 34.7 Å². The number of carbonyl (C=O) groups is 3. The van der Waals surface area contributed by atoms with Gasteiger partial charge in [-0.2, -0.15) is 0 Å². The Hall–Kier alpha value is -4.66. The number of ketones is 1. The van der Waals surface area contributed by atoms with E-state index in [0.29, 0.717) is 28.4 Å². The maximum Gasteiger partial charge on any atom is 0.300 e. The Balaban J connectivity index is 1.90. The van der Waals surface area contributed by atoms with Crippen LogP contribution in [0.25, 0.3) is 5.76 Å². The normalized spacial score (nSPS) is 16.8. The van der Waals surface area contributed by atoms with E-state index in [-0.39, 0.29) is 22.8 Å². The number of carbonyl (C=O) groups excluding carboxylic acids is 3. The lowest BCUT2D eigenvalue weighted by atomic mass is 9.95. The van der Waals surface area contributed by atoms with Crippen LogP contribution in [0.4, 0.5) is 11.4 Å². The lowest BCUT2D eigenvalue weighted by molar-refractivity contribution is -0.132. The fraction of sp³-hybridized carbons (Fsp3) is 0.154. The molecule has 9 nitrogen and oxygen atoms in total. The van der Waals surface area contributed by atoms with Crippen LogP contribution in [0, 0.1) is 0 Å². The van der Waals surface area contributed by atoms with Crippen molar-refractivity contribution in [2.24, 2.45) is 0 Å². The van der Waals surface area contributed by atoms with Crippen molar-refractivity contribution in [3.05, 3.63) is 83.7 Å². The molecule has 0 spiro atoms. The standard InChI is InChI=1S/C26H23N3O6/c1-15(30)28-18-5-4-6-19(14-18)29-23(16-9-11-27-12-10-16)22(25(32)26(29)33)24(31)17-7-8-20(34-2)21(13-17)35-3/h4-14,23,31H,1-3H3,(H,28,30)/b24-22+. The first kappa shape index (κ1) is 23.5. The van der Waals surface area contributed by atoms with E-state index in [1.54, 1.807) is 60.9 Å². The summed E-state index contributed by atoms with van der Waals surface area (Å²) < 4.78 is 10.6. The van der Waals surface area contributed by atoms with E-state index in [4.69, 9.17) is 9.47 Å². The number of amides is 2. The van der Waals surface area contributed by atoms with E-state index in [2.05, 4.69) is 10.3 Å². The number of ether oxygens (including phenoxy) is 2. The Morgan fingerprint density at radius 1 is 1.00 bits per heavy atom. The fourth-order valence-electron chi connectivity index (χ4n) is 4.04. The summed E-state index contributed by atoms with van der Waals surface area (Å²) in [6.07, 6.45) is 3.08. The number of methoxy groups -OCH3 is 2. The van der Waals surface area contributed by atoms with Crippen LogP contribution in [-0.4, -0.2) is 41.9 Å². The highest BCUT2D eigenvalue weighted by molar-refractivity contribution is 6.51. The van der Waals surface area contributed by atoms with E-state index in [1.165, 1.54) is 32.1 Å². The number of Topliss-reactive ketones (excluding diaryl/α,β-unsaturated/α-hetero) is 1. The SMILES string of the molecule is COc1ccc(/C(O)=C2\C(=O)C(=O)N(c3cccc(NC(C)=O)c3)C2c2ccncc2)cc1OC. The second kappa shape index (κ2) is 9.68. The molecule has 1 aromatic heterocycles. The Morgan fingerprint density at radius 3 is 2.37 bits per heavy atom. The van der Waals surface area contributed by atoms with E-state index >= 15 is 0 Å². The number of aliphatic hydroxyl groups excluding tert-OH is 1. The summed E-state index contributed by atoms with van der Waals surface area (Å²) in [5, 5.41) is 13.9. The van der Waals surface area contributed by atoms with Crippen LogP contribution in [0.2, 0.25) is 0 Å².